The molecule has 0 amide bonds. The third kappa shape index (κ3) is 16.8. The van der Waals surface area contributed by atoms with Gasteiger partial charge >= 0.3 is 0 Å². The second kappa shape index (κ2) is 14.0. The fraction of sp³-hybridized carbons (Fsp3) is 1.00. The maximum absolute atomic E-state index is 3.47. The Balaban J connectivity index is -0.000000142. The van der Waals surface area contributed by atoms with E-state index in [1.807, 2.05) is 0 Å². The Morgan fingerprint density at radius 2 is 1.42 bits per heavy atom. The van der Waals surface area contributed by atoms with Gasteiger partial charge in [-0.25, -0.2) is 0 Å². The zero-order valence-electron chi connectivity index (χ0n) is 9.23. The molecule has 1 atom stereocenters. The molecule has 78 valence electrons. The second-order valence-electron chi connectivity index (χ2n) is 2.81. The highest BCUT2D eigenvalue weighted by Crippen LogP contribution is 2.04. The fourth-order valence-corrected chi connectivity index (χ4v) is 0.365. The molecule has 0 fully saturated rings. The summed E-state index contributed by atoms with van der Waals surface area (Å²) in [5.74, 6) is 0. The van der Waals surface area contributed by atoms with E-state index in [2.05, 4.69) is 55.7 Å². The molecule has 0 spiro atoms. The van der Waals surface area contributed by atoms with Crippen LogP contribution in [-0.2, 0) is 0 Å². The highest BCUT2D eigenvalue weighted by molar-refractivity contribution is 9.09. The average molecular weight is 241 g/mol. The first kappa shape index (κ1) is 18.2. The Morgan fingerprint density at radius 1 is 1.08 bits per heavy atom. The van der Waals surface area contributed by atoms with Gasteiger partial charge in [-0.3, -0.25) is 4.90 Å². The minimum Gasteiger partial charge on any atom is -0.344 e. The Kier molecular flexibility index (Phi) is 21.2. The topological polar surface area (TPSA) is 38.2 Å². The van der Waals surface area contributed by atoms with Crippen molar-refractivity contribution >= 4 is 15.9 Å². The molecule has 3 N–H and O–H groups in total. The highest BCUT2D eigenvalue weighted by Gasteiger charge is 1.99. The Bertz CT molecular complexity index is 65.5. The number of hydrogen-bond donors (Lipinski definition) is 1. The van der Waals surface area contributed by atoms with Crippen LogP contribution in [0.15, 0.2) is 0 Å². The number of alkyl halides is 1. The van der Waals surface area contributed by atoms with Crippen molar-refractivity contribution in [3.63, 3.8) is 0 Å². The number of halogens is 1. The van der Waals surface area contributed by atoms with E-state index in [1.165, 1.54) is 12.8 Å². The van der Waals surface area contributed by atoms with Crippen LogP contribution in [-0.4, -0.2) is 23.9 Å². The summed E-state index contributed by atoms with van der Waals surface area (Å²) in [6.45, 7) is 6.51. The molecule has 0 aromatic rings. The molecular formula is C9H25BrN2. The Labute approximate surface area is 86.4 Å². The first-order valence-electron chi connectivity index (χ1n) is 4.40. The van der Waals surface area contributed by atoms with Gasteiger partial charge in [0.25, 0.3) is 0 Å². The molecule has 0 saturated heterocycles. The molecule has 0 aliphatic heterocycles. The van der Waals surface area contributed by atoms with Gasteiger partial charge in [-0.15, -0.1) is 0 Å². The Hall–Kier alpha value is 0.400. The first-order chi connectivity index (χ1) is 5.09. The van der Waals surface area contributed by atoms with Gasteiger partial charge in [-0.05, 0) is 20.5 Å². The lowest BCUT2D eigenvalue weighted by Crippen LogP contribution is -2.20. The summed E-state index contributed by atoms with van der Waals surface area (Å²) in [5, 5.41) is 0. The van der Waals surface area contributed by atoms with E-state index in [0.717, 1.165) is 6.42 Å². The summed E-state index contributed by atoms with van der Waals surface area (Å²) >= 11 is 3.47. The summed E-state index contributed by atoms with van der Waals surface area (Å²) in [6, 6.07) is 0. The van der Waals surface area contributed by atoms with Crippen LogP contribution in [0.25, 0.3) is 0 Å². The molecule has 0 aliphatic rings. The van der Waals surface area contributed by atoms with Crippen LogP contribution >= 0.6 is 15.9 Å². The van der Waals surface area contributed by atoms with E-state index in [1.54, 1.807) is 0 Å². The maximum atomic E-state index is 3.47. The minimum atomic E-state index is 0. The normalized spacial score (nSPS) is 11.2. The van der Waals surface area contributed by atoms with Gasteiger partial charge in [-0.2, -0.15) is 0 Å². The molecule has 0 saturated carbocycles. The van der Waals surface area contributed by atoms with Crippen LogP contribution in [0.3, 0.4) is 0 Å². The van der Waals surface area contributed by atoms with E-state index < -0.39 is 0 Å². The van der Waals surface area contributed by atoms with Gasteiger partial charge in [0.05, 0.1) is 4.95 Å². The van der Waals surface area contributed by atoms with Gasteiger partial charge in [-0.1, -0.05) is 49.5 Å². The van der Waals surface area contributed by atoms with Crippen molar-refractivity contribution < 1.29 is 0 Å². The summed E-state index contributed by atoms with van der Waals surface area (Å²) in [7, 11) is 4.12. The van der Waals surface area contributed by atoms with Crippen LogP contribution in [0, 0.1) is 0 Å². The molecule has 0 aliphatic carbocycles. The van der Waals surface area contributed by atoms with Gasteiger partial charge in [0, 0.05) is 0 Å². The third-order valence-corrected chi connectivity index (χ3v) is 2.86. The van der Waals surface area contributed by atoms with Gasteiger partial charge < -0.3 is 6.15 Å². The van der Waals surface area contributed by atoms with Crippen molar-refractivity contribution in [1.82, 2.24) is 11.1 Å². The monoisotopic (exact) mass is 240 g/mol. The molecule has 0 heterocycles. The molecule has 2 nitrogen and oxygen atoms in total. The van der Waals surface area contributed by atoms with E-state index in [9.17, 15) is 0 Å². The number of nitrogens with zero attached hydrogens (tertiary/aromatic N) is 1. The molecule has 0 aromatic carbocycles. The third-order valence-electron chi connectivity index (χ3n) is 1.40. The standard InChI is InChI=1S/C5H12BrN.C4H10.H3N/c1-4-5(6)7(2)3;1-3-4-2;/h5H,4H2,1-3H3;3-4H2,1-2H3;1H3. The van der Waals surface area contributed by atoms with Crippen LogP contribution in [0.1, 0.15) is 40.0 Å². The molecule has 0 rings (SSSR count). The maximum Gasteiger partial charge on any atom is 0.0648 e. The van der Waals surface area contributed by atoms with Crippen molar-refractivity contribution in [2.45, 2.75) is 45.0 Å². The first-order valence-corrected chi connectivity index (χ1v) is 5.32. The van der Waals surface area contributed by atoms with Crippen LogP contribution in [0.4, 0.5) is 0 Å². The van der Waals surface area contributed by atoms with Crippen LogP contribution in [0.5, 0.6) is 0 Å². The minimum absolute atomic E-state index is 0. The molecule has 12 heavy (non-hydrogen) atoms. The lowest BCUT2D eigenvalue weighted by atomic mass is 10.4. The molecule has 0 radical (unpaired) electrons. The fourth-order valence-electron chi connectivity index (χ4n) is 0.365. The quantitative estimate of drug-likeness (QED) is 0.605. The van der Waals surface area contributed by atoms with Crippen molar-refractivity contribution in [3.8, 4) is 0 Å². The summed E-state index contributed by atoms with van der Waals surface area (Å²) in [5.41, 5.74) is 0. The summed E-state index contributed by atoms with van der Waals surface area (Å²) in [6.07, 6.45) is 3.80. The highest BCUT2D eigenvalue weighted by atomic mass is 79.9. The zero-order chi connectivity index (χ0) is 9.28. The Morgan fingerprint density at radius 3 is 1.42 bits per heavy atom. The average Bonchev–Trinajstić information content (AvgIpc) is 2.03. The van der Waals surface area contributed by atoms with Crippen LogP contribution in [0.2, 0.25) is 0 Å². The predicted molar refractivity (Wildman–Crippen MR) is 62.3 cm³/mol. The molecule has 0 aromatic heterocycles. The van der Waals surface area contributed by atoms with Crippen molar-refractivity contribution in [2.24, 2.45) is 0 Å². The smallest absolute Gasteiger partial charge is 0.0648 e. The summed E-state index contributed by atoms with van der Waals surface area (Å²) in [4.78, 5) is 2.69. The zero-order valence-corrected chi connectivity index (χ0v) is 10.8. The SMILES string of the molecule is CCC(Br)N(C)C.CCCC.N. The molecule has 3 heteroatoms. The summed E-state index contributed by atoms with van der Waals surface area (Å²) < 4.78 is 0. The largest absolute Gasteiger partial charge is 0.344 e. The lowest BCUT2D eigenvalue weighted by molar-refractivity contribution is 0.382. The van der Waals surface area contributed by atoms with Gasteiger partial charge in [0.2, 0.25) is 0 Å². The van der Waals surface area contributed by atoms with Crippen LogP contribution < -0.4 is 6.15 Å². The second-order valence-corrected chi connectivity index (χ2v) is 3.86. The van der Waals surface area contributed by atoms with E-state index >= 15 is 0 Å². The van der Waals surface area contributed by atoms with E-state index in [4.69, 9.17) is 0 Å². The van der Waals surface area contributed by atoms with Crippen molar-refractivity contribution in [3.05, 3.63) is 0 Å². The van der Waals surface area contributed by atoms with Gasteiger partial charge in [0.1, 0.15) is 0 Å². The lowest BCUT2D eigenvalue weighted by Gasteiger charge is -2.14. The van der Waals surface area contributed by atoms with E-state index in [-0.39, 0.29) is 6.15 Å². The number of unbranched alkanes of at least 4 members (excludes halogenated alkanes) is 1. The van der Waals surface area contributed by atoms with E-state index in [0.29, 0.717) is 4.95 Å². The van der Waals surface area contributed by atoms with Crippen molar-refractivity contribution in [2.75, 3.05) is 14.1 Å². The molecule has 0 bridgehead atoms. The molecule has 1 unspecified atom stereocenters. The number of rotatable bonds is 3. The molecular weight excluding hydrogens is 216 g/mol. The predicted octanol–water partition coefficient (Wildman–Crippen LogP) is 3.65. The number of hydrogen-bond acceptors (Lipinski definition) is 2. The van der Waals surface area contributed by atoms with Gasteiger partial charge in [0.15, 0.2) is 0 Å². The van der Waals surface area contributed by atoms with Crippen molar-refractivity contribution in [1.29, 1.82) is 0 Å².